The smallest absolute Gasteiger partial charge is 0.253 e. The molecule has 0 aromatic heterocycles. The van der Waals surface area contributed by atoms with Crippen LogP contribution in [0, 0.1) is 17.2 Å². The molecule has 0 aliphatic heterocycles. The fraction of sp³-hybridized carbons (Fsp3) is 0.333. The van der Waals surface area contributed by atoms with Crippen LogP contribution in [-0.2, 0) is 0 Å². The Morgan fingerprint density at radius 2 is 2.18 bits per heavy atom. The van der Waals surface area contributed by atoms with Gasteiger partial charge in [0, 0.05) is 4.47 Å². The number of carbonyl (C=O) groups excluding carboxylic acids is 1. The molecule has 5 heteroatoms. The van der Waals surface area contributed by atoms with Gasteiger partial charge in [-0.3, -0.25) is 4.79 Å². The molecule has 1 unspecified atom stereocenters. The Morgan fingerprint density at radius 1 is 1.53 bits per heavy atom. The quantitative estimate of drug-likeness (QED) is 0.929. The van der Waals surface area contributed by atoms with Crippen molar-refractivity contribution >= 4 is 33.4 Å². The van der Waals surface area contributed by atoms with Crippen molar-refractivity contribution < 1.29 is 4.79 Å². The topological polar surface area (TPSA) is 52.9 Å². The van der Waals surface area contributed by atoms with Crippen LogP contribution in [0.1, 0.15) is 24.2 Å². The molecule has 0 heterocycles. The van der Waals surface area contributed by atoms with Gasteiger partial charge < -0.3 is 5.32 Å². The van der Waals surface area contributed by atoms with E-state index in [0.717, 1.165) is 0 Å². The van der Waals surface area contributed by atoms with Crippen molar-refractivity contribution in [2.75, 3.05) is 0 Å². The number of carbonyl (C=O) groups is 1. The van der Waals surface area contributed by atoms with Gasteiger partial charge in [-0.25, -0.2) is 0 Å². The molecular formula is C12H12BrClN2O. The number of hydrogen-bond donors (Lipinski definition) is 1. The zero-order valence-corrected chi connectivity index (χ0v) is 11.8. The normalized spacial score (nSPS) is 12.0. The SMILES string of the molecule is CC(C)C(C#N)NC(=O)c1cccc(Br)c1Cl. The van der Waals surface area contributed by atoms with Gasteiger partial charge in [0.25, 0.3) is 5.91 Å². The van der Waals surface area contributed by atoms with Crippen molar-refractivity contribution in [2.24, 2.45) is 5.92 Å². The maximum Gasteiger partial charge on any atom is 0.253 e. The molecule has 1 aromatic carbocycles. The molecule has 0 radical (unpaired) electrons. The Hall–Kier alpha value is -1.05. The first-order valence-electron chi connectivity index (χ1n) is 5.12. The summed E-state index contributed by atoms with van der Waals surface area (Å²) in [5.41, 5.74) is 0.363. The summed E-state index contributed by atoms with van der Waals surface area (Å²) in [6.07, 6.45) is 0. The van der Waals surface area contributed by atoms with Crippen molar-refractivity contribution in [3.63, 3.8) is 0 Å². The second-order valence-electron chi connectivity index (χ2n) is 3.93. The van der Waals surface area contributed by atoms with Gasteiger partial charge >= 0.3 is 0 Å². The van der Waals surface area contributed by atoms with Crippen molar-refractivity contribution in [1.29, 1.82) is 5.26 Å². The lowest BCUT2D eigenvalue weighted by atomic mass is 10.1. The molecule has 0 fully saturated rings. The van der Waals surface area contributed by atoms with Crippen LogP contribution in [0.25, 0.3) is 0 Å². The average molecular weight is 316 g/mol. The van der Waals surface area contributed by atoms with Gasteiger partial charge in [-0.1, -0.05) is 31.5 Å². The molecule has 1 amide bonds. The number of nitrogens with one attached hydrogen (secondary N) is 1. The van der Waals surface area contributed by atoms with Gasteiger partial charge in [0.1, 0.15) is 6.04 Å². The number of hydrogen-bond acceptors (Lipinski definition) is 2. The van der Waals surface area contributed by atoms with Crippen molar-refractivity contribution in [2.45, 2.75) is 19.9 Å². The van der Waals surface area contributed by atoms with Crippen LogP contribution in [-0.4, -0.2) is 11.9 Å². The molecule has 1 aromatic rings. The van der Waals surface area contributed by atoms with Crippen LogP contribution >= 0.6 is 27.5 Å². The van der Waals surface area contributed by atoms with Crippen LogP contribution in [0.2, 0.25) is 5.02 Å². The van der Waals surface area contributed by atoms with Gasteiger partial charge in [-0.2, -0.15) is 5.26 Å². The maximum absolute atomic E-state index is 11.9. The number of benzene rings is 1. The average Bonchev–Trinajstić information content (AvgIpc) is 2.28. The number of nitrogens with zero attached hydrogens (tertiary/aromatic N) is 1. The Bertz CT molecular complexity index is 468. The highest BCUT2D eigenvalue weighted by Gasteiger charge is 2.18. The van der Waals surface area contributed by atoms with Crippen molar-refractivity contribution in [3.8, 4) is 6.07 Å². The Kier molecular flexibility index (Phi) is 4.98. The lowest BCUT2D eigenvalue weighted by Gasteiger charge is -2.15. The highest BCUT2D eigenvalue weighted by atomic mass is 79.9. The van der Waals surface area contributed by atoms with Crippen molar-refractivity contribution in [1.82, 2.24) is 5.32 Å². The summed E-state index contributed by atoms with van der Waals surface area (Å²) in [7, 11) is 0. The third-order valence-corrected chi connectivity index (χ3v) is 3.58. The molecule has 17 heavy (non-hydrogen) atoms. The minimum atomic E-state index is -0.516. The summed E-state index contributed by atoms with van der Waals surface area (Å²) in [6.45, 7) is 3.74. The minimum Gasteiger partial charge on any atom is -0.336 e. The fourth-order valence-corrected chi connectivity index (χ4v) is 1.82. The molecule has 0 aliphatic rings. The lowest BCUT2D eigenvalue weighted by molar-refractivity contribution is 0.0937. The summed E-state index contributed by atoms with van der Waals surface area (Å²) < 4.78 is 0.657. The van der Waals surface area contributed by atoms with Gasteiger partial charge in [-0.05, 0) is 34.0 Å². The standard InChI is InChI=1S/C12H12BrClN2O/c1-7(2)10(6-15)16-12(17)8-4-3-5-9(13)11(8)14/h3-5,7,10H,1-2H3,(H,16,17). The highest BCUT2D eigenvalue weighted by molar-refractivity contribution is 9.10. The van der Waals surface area contributed by atoms with E-state index in [4.69, 9.17) is 16.9 Å². The zero-order chi connectivity index (χ0) is 13.0. The van der Waals surface area contributed by atoms with Crippen LogP contribution in [0.4, 0.5) is 0 Å². The van der Waals surface area contributed by atoms with Crippen LogP contribution in [0.5, 0.6) is 0 Å². The molecule has 1 atom stereocenters. The summed E-state index contributed by atoms with van der Waals surface area (Å²) in [5, 5.41) is 11.9. The number of amides is 1. The molecule has 0 saturated carbocycles. The minimum absolute atomic E-state index is 0.0508. The van der Waals surface area contributed by atoms with E-state index in [1.54, 1.807) is 18.2 Å². The van der Waals surface area contributed by atoms with E-state index in [1.165, 1.54) is 0 Å². The third-order valence-electron chi connectivity index (χ3n) is 2.29. The Morgan fingerprint density at radius 3 is 2.71 bits per heavy atom. The molecular weight excluding hydrogens is 304 g/mol. The largest absolute Gasteiger partial charge is 0.336 e. The maximum atomic E-state index is 11.9. The van der Waals surface area contributed by atoms with Crippen molar-refractivity contribution in [3.05, 3.63) is 33.3 Å². The first-order chi connectivity index (χ1) is 7.97. The molecule has 1 rings (SSSR count). The van der Waals surface area contributed by atoms with Crippen LogP contribution in [0.15, 0.2) is 22.7 Å². The number of rotatable bonds is 3. The first kappa shape index (κ1) is 14.0. The first-order valence-corrected chi connectivity index (χ1v) is 6.29. The third kappa shape index (κ3) is 3.45. The summed E-state index contributed by atoms with van der Waals surface area (Å²) in [4.78, 5) is 11.9. The predicted octanol–water partition coefficient (Wildman–Crippen LogP) is 3.38. The monoisotopic (exact) mass is 314 g/mol. The van der Waals surface area contributed by atoms with E-state index in [0.29, 0.717) is 15.1 Å². The van der Waals surface area contributed by atoms with E-state index in [2.05, 4.69) is 21.2 Å². The van der Waals surface area contributed by atoms with E-state index in [9.17, 15) is 4.79 Å². The van der Waals surface area contributed by atoms with Gasteiger partial charge in [0.15, 0.2) is 0 Å². The fourth-order valence-electron chi connectivity index (χ4n) is 1.25. The predicted molar refractivity (Wildman–Crippen MR) is 70.9 cm³/mol. The highest BCUT2D eigenvalue weighted by Crippen LogP contribution is 2.26. The molecule has 0 spiro atoms. The Balaban J connectivity index is 2.91. The molecule has 1 N–H and O–H groups in total. The summed E-state index contributed by atoms with van der Waals surface area (Å²) >= 11 is 9.25. The van der Waals surface area contributed by atoms with E-state index < -0.39 is 6.04 Å². The van der Waals surface area contributed by atoms with Gasteiger partial charge in [-0.15, -0.1) is 0 Å². The van der Waals surface area contributed by atoms with Gasteiger partial charge in [0.2, 0.25) is 0 Å². The number of nitriles is 1. The molecule has 0 aliphatic carbocycles. The molecule has 0 saturated heterocycles. The van der Waals surface area contributed by atoms with Crippen LogP contribution < -0.4 is 5.32 Å². The Labute approximate surface area is 114 Å². The zero-order valence-electron chi connectivity index (χ0n) is 9.50. The van der Waals surface area contributed by atoms with E-state index in [-0.39, 0.29) is 11.8 Å². The number of halogens is 2. The molecule has 90 valence electrons. The summed E-state index contributed by atoms with van der Waals surface area (Å²) in [6, 6.07) is 6.63. The van der Waals surface area contributed by atoms with E-state index in [1.807, 2.05) is 19.9 Å². The molecule has 3 nitrogen and oxygen atoms in total. The molecule has 0 bridgehead atoms. The van der Waals surface area contributed by atoms with Crippen LogP contribution in [0.3, 0.4) is 0 Å². The summed E-state index contributed by atoms with van der Waals surface area (Å²) in [5.74, 6) is -0.286. The lowest BCUT2D eigenvalue weighted by Crippen LogP contribution is -2.37. The second-order valence-corrected chi connectivity index (χ2v) is 5.16. The van der Waals surface area contributed by atoms with E-state index >= 15 is 0 Å². The second kappa shape index (κ2) is 6.04. The van der Waals surface area contributed by atoms with Gasteiger partial charge in [0.05, 0.1) is 16.7 Å².